The van der Waals surface area contributed by atoms with E-state index >= 15 is 0 Å². The Hall–Kier alpha value is -2.78. The summed E-state index contributed by atoms with van der Waals surface area (Å²) >= 11 is 7.17. The van der Waals surface area contributed by atoms with E-state index in [1.165, 1.54) is 38.0 Å². The van der Waals surface area contributed by atoms with E-state index in [-0.39, 0.29) is 4.88 Å². The van der Waals surface area contributed by atoms with E-state index in [1.807, 2.05) is 0 Å². The molecule has 3 rings (SSSR count). The molecule has 0 fully saturated rings. The van der Waals surface area contributed by atoms with Crippen molar-refractivity contribution in [2.45, 2.75) is 0 Å². The van der Waals surface area contributed by atoms with E-state index in [9.17, 15) is 14.4 Å². The SMILES string of the molecule is COc1cc(OC)c(NC(=O)c2cc3c(=O)n(C)c(=O)n(C)c3s2)cc1Cl. The van der Waals surface area contributed by atoms with E-state index in [2.05, 4.69) is 5.32 Å². The summed E-state index contributed by atoms with van der Waals surface area (Å²) in [5, 5.41) is 3.32. The van der Waals surface area contributed by atoms with Crippen molar-refractivity contribution in [2.75, 3.05) is 19.5 Å². The number of fused-ring (bicyclic) bond motifs is 1. The molecular formula is C17H16ClN3O5S. The average molecular weight is 410 g/mol. The molecule has 10 heteroatoms. The molecule has 142 valence electrons. The zero-order chi connectivity index (χ0) is 19.9. The van der Waals surface area contributed by atoms with Crippen LogP contribution in [0.4, 0.5) is 5.69 Å². The molecular weight excluding hydrogens is 394 g/mol. The number of hydrogen-bond acceptors (Lipinski definition) is 6. The summed E-state index contributed by atoms with van der Waals surface area (Å²) in [4.78, 5) is 37.7. The van der Waals surface area contributed by atoms with Crippen LogP contribution in [0.5, 0.6) is 11.5 Å². The van der Waals surface area contributed by atoms with Crippen molar-refractivity contribution >= 4 is 44.7 Å². The first-order valence-electron chi connectivity index (χ1n) is 7.71. The standard InChI is InChI=1S/C17H16ClN3O5S/c1-20-15(23)8-5-13(27-16(8)21(2)17(20)24)14(22)19-10-6-9(18)11(25-3)7-12(10)26-4/h5-7H,1-4H3,(H,19,22). The van der Waals surface area contributed by atoms with Gasteiger partial charge in [0.1, 0.15) is 16.3 Å². The maximum Gasteiger partial charge on any atom is 0.331 e. The number of thiophene rings is 1. The van der Waals surface area contributed by atoms with Crippen LogP contribution < -0.4 is 26.0 Å². The number of nitrogens with zero attached hydrogens (tertiary/aromatic N) is 2. The first-order valence-corrected chi connectivity index (χ1v) is 8.90. The summed E-state index contributed by atoms with van der Waals surface area (Å²) in [6, 6.07) is 4.54. The van der Waals surface area contributed by atoms with Crippen LogP contribution >= 0.6 is 22.9 Å². The van der Waals surface area contributed by atoms with Crippen LogP contribution in [-0.4, -0.2) is 29.3 Å². The second kappa shape index (κ2) is 7.09. The highest BCUT2D eigenvalue weighted by Gasteiger charge is 2.18. The van der Waals surface area contributed by atoms with Crippen molar-refractivity contribution in [2.24, 2.45) is 14.1 Å². The summed E-state index contributed by atoms with van der Waals surface area (Å²) in [6.07, 6.45) is 0. The molecule has 0 aliphatic heterocycles. The maximum atomic E-state index is 12.7. The Morgan fingerprint density at radius 3 is 2.37 bits per heavy atom. The molecule has 0 saturated heterocycles. The van der Waals surface area contributed by atoms with Gasteiger partial charge in [-0.2, -0.15) is 0 Å². The quantitative estimate of drug-likeness (QED) is 0.713. The zero-order valence-corrected chi connectivity index (χ0v) is 16.5. The second-order valence-electron chi connectivity index (χ2n) is 5.68. The summed E-state index contributed by atoms with van der Waals surface area (Å²) < 4.78 is 12.7. The van der Waals surface area contributed by atoms with E-state index in [4.69, 9.17) is 21.1 Å². The molecule has 0 aliphatic rings. The van der Waals surface area contributed by atoms with Crippen LogP contribution in [0.1, 0.15) is 9.67 Å². The number of anilines is 1. The lowest BCUT2D eigenvalue weighted by Gasteiger charge is -2.12. The number of ether oxygens (including phenoxy) is 2. The second-order valence-corrected chi connectivity index (χ2v) is 7.11. The largest absolute Gasteiger partial charge is 0.495 e. The van der Waals surface area contributed by atoms with Crippen molar-refractivity contribution in [3.63, 3.8) is 0 Å². The Morgan fingerprint density at radius 2 is 1.74 bits per heavy atom. The molecule has 0 unspecified atom stereocenters. The molecule has 0 atom stereocenters. The lowest BCUT2D eigenvalue weighted by molar-refractivity contribution is 0.103. The molecule has 0 bridgehead atoms. The van der Waals surface area contributed by atoms with Crippen LogP contribution in [0.15, 0.2) is 27.8 Å². The monoisotopic (exact) mass is 409 g/mol. The van der Waals surface area contributed by atoms with Crippen LogP contribution in [0.25, 0.3) is 10.2 Å². The summed E-state index contributed by atoms with van der Waals surface area (Å²) in [5.74, 6) is 0.325. The topological polar surface area (TPSA) is 91.6 Å². The van der Waals surface area contributed by atoms with Crippen molar-refractivity contribution in [1.29, 1.82) is 0 Å². The number of aromatic nitrogens is 2. The predicted octanol–water partition coefficient (Wildman–Crippen LogP) is 2.22. The minimum absolute atomic E-state index is 0.275. The Balaban J connectivity index is 2.04. The number of halogens is 1. The molecule has 0 spiro atoms. The van der Waals surface area contributed by atoms with Gasteiger partial charge in [0.15, 0.2) is 0 Å². The van der Waals surface area contributed by atoms with Crippen molar-refractivity contribution < 1.29 is 14.3 Å². The number of rotatable bonds is 4. The van der Waals surface area contributed by atoms with Gasteiger partial charge in [-0.25, -0.2) is 4.79 Å². The van der Waals surface area contributed by atoms with E-state index in [1.54, 1.807) is 13.1 Å². The Morgan fingerprint density at radius 1 is 1.07 bits per heavy atom. The number of methoxy groups -OCH3 is 2. The van der Waals surface area contributed by atoms with Crippen LogP contribution in [0.2, 0.25) is 5.02 Å². The van der Waals surface area contributed by atoms with E-state index in [0.717, 1.165) is 15.9 Å². The normalized spacial score (nSPS) is 10.9. The summed E-state index contributed by atoms with van der Waals surface area (Å²) in [5.41, 5.74) is -0.550. The predicted molar refractivity (Wildman–Crippen MR) is 105 cm³/mol. The van der Waals surface area contributed by atoms with Gasteiger partial charge >= 0.3 is 5.69 Å². The molecule has 0 radical (unpaired) electrons. The highest BCUT2D eigenvalue weighted by molar-refractivity contribution is 7.20. The highest BCUT2D eigenvalue weighted by atomic mass is 35.5. The van der Waals surface area contributed by atoms with Gasteiger partial charge in [-0.3, -0.25) is 18.7 Å². The van der Waals surface area contributed by atoms with Crippen molar-refractivity contribution in [1.82, 2.24) is 9.13 Å². The minimum Gasteiger partial charge on any atom is -0.495 e. The lowest BCUT2D eigenvalue weighted by Crippen LogP contribution is -2.36. The van der Waals surface area contributed by atoms with Gasteiger partial charge < -0.3 is 14.8 Å². The Bertz CT molecular complexity index is 1180. The fraction of sp³-hybridized carbons (Fsp3) is 0.235. The van der Waals surface area contributed by atoms with Gasteiger partial charge in [0, 0.05) is 20.2 Å². The Labute approximate surface area is 162 Å². The molecule has 3 aromatic rings. The van der Waals surface area contributed by atoms with Gasteiger partial charge in [0.05, 0.1) is 35.2 Å². The molecule has 0 saturated carbocycles. The van der Waals surface area contributed by atoms with Gasteiger partial charge in [-0.05, 0) is 12.1 Å². The van der Waals surface area contributed by atoms with Gasteiger partial charge in [0.2, 0.25) is 0 Å². The molecule has 0 aliphatic carbocycles. The lowest BCUT2D eigenvalue weighted by atomic mass is 10.2. The fourth-order valence-electron chi connectivity index (χ4n) is 2.62. The molecule has 8 nitrogen and oxygen atoms in total. The number of amides is 1. The first-order chi connectivity index (χ1) is 12.8. The Kier molecular flexibility index (Phi) is 4.99. The smallest absolute Gasteiger partial charge is 0.331 e. The number of aryl methyl sites for hydroxylation is 1. The number of nitrogens with one attached hydrogen (secondary N) is 1. The number of hydrogen-bond donors (Lipinski definition) is 1. The van der Waals surface area contributed by atoms with Gasteiger partial charge in [0.25, 0.3) is 11.5 Å². The van der Waals surface area contributed by atoms with Crippen molar-refractivity contribution in [3.8, 4) is 11.5 Å². The molecule has 1 amide bonds. The zero-order valence-electron chi connectivity index (χ0n) is 15.0. The molecule has 27 heavy (non-hydrogen) atoms. The third-order valence-corrected chi connectivity index (χ3v) is 5.58. The maximum absolute atomic E-state index is 12.7. The third kappa shape index (κ3) is 3.19. The third-order valence-electron chi connectivity index (χ3n) is 4.07. The summed E-state index contributed by atoms with van der Waals surface area (Å²) in [6.45, 7) is 0. The molecule has 1 aromatic carbocycles. The van der Waals surface area contributed by atoms with E-state index in [0.29, 0.717) is 32.4 Å². The minimum atomic E-state index is -0.454. The van der Waals surface area contributed by atoms with Crippen molar-refractivity contribution in [3.05, 3.63) is 48.9 Å². The van der Waals surface area contributed by atoms with Gasteiger partial charge in [-0.1, -0.05) is 11.6 Å². The average Bonchev–Trinajstić information content (AvgIpc) is 3.10. The summed E-state index contributed by atoms with van der Waals surface area (Å²) in [7, 11) is 5.87. The number of carbonyl (C=O) groups excluding carboxylic acids is 1. The van der Waals surface area contributed by atoms with Gasteiger partial charge in [-0.15, -0.1) is 11.3 Å². The van der Waals surface area contributed by atoms with Crippen LogP contribution in [0, 0.1) is 0 Å². The van der Waals surface area contributed by atoms with E-state index < -0.39 is 17.2 Å². The first kappa shape index (κ1) is 19.0. The van der Waals surface area contributed by atoms with Crippen LogP contribution in [0.3, 0.4) is 0 Å². The number of carbonyl (C=O) groups is 1. The highest BCUT2D eigenvalue weighted by Crippen LogP contribution is 2.36. The van der Waals surface area contributed by atoms with Crippen LogP contribution in [-0.2, 0) is 14.1 Å². The fourth-order valence-corrected chi connectivity index (χ4v) is 3.86. The molecule has 1 N–H and O–H groups in total. The molecule has 2 heterocycles. The number of benzene rings is 1. The molecule has 2 aromatic heterocycles.